The Labute approximate surface area is 136 Å². The third kappa shape index (κ3) is 4.94. The summed E-state index contributed by atoms with van der Waals surface area (Å²) in [6, 6.07) is 0. The van der Waals surface area contributed by atoms with Gasteiger partial charge < -0.3 is 14.7 Å². The van der Waals surface area contributed by atoms with Gasteiger partial charge in [0.1, 0.15) is 18.3 Å². The van der Waals surface area contributed by atoms with E-state index in [4.69, 9.17) is 9.57 Å². The van der Waals surface area contributed by atoms with E-state index >= 15 is 0 Å². The first kappa shape index (κ1) is 18.9. The van der Waals surface area contributed by atoms with E-state index < -0.39 is 17.3 Å². The molecule has 1 N–H and O–H groups in total. The second-order valence-corrected chi connectivity index (χ2v) is 6.17. The van der Waals surface area contributed by atoms with E-state index in [9.17, 15) is 14.7 Å². The second kappa shape index (κ2) is 8.50. The Bertz CT molecular complexity index is 519. The van der Waals surface area contributed by atoms with Crippen LogP contribution in [0.3, 0.4) is 0 Å². The van der Waals surface area contributed by atoms with Crippen LogP contribution in [0, 0.1) is 11.3 Å². The minimum Gasteiger partial charge on any atom is -0.511 e. The van der Waals surface area contributed by atoms with Crippen molar-refractivity contribution in [3.05, 3.63) is 24.0 Å². The van der Waals surface area contributed by atoms with E-state index in [1.807, 2.05) is 0 Å². The number of hydrogen-bond acceptors (Lipinski definition) is 6. The predicted octanol–water partition coefficient (Wildman–Crippen LogP) is 2.95. The molecule has 0 radical (unpaired) electrons. The molecule has 0 fully saturated rings. The van der Waals surface area contributed by atoms with Crippen molar-refractivity contribution in [2.75, 3.05) is 13.7 Å². The number of carbonyl (C=O) groups excluding carboxylic acids is 2. The minimum atomic E-state index is -0.801. The molecule has 0 saturated carbocycles. The molecule has 0 amide bonds. The van der Waals surface area contributed by atoms with Gasteiger partial charge in [0.2, 0.25) is 0 Å². The number of hydrogen-bond donors (Lipinski definition) is 1. The van der Waals surface area contributed by atoms with Crippen LogP contribution >= 0.6 is 0 Å². The van der Waals surface area contributed by atoms with Crippen LogP contribution in [-0.2, 0) is 19.2 Å². The number of nitrogens with zero attached hydrogens (tertiary/aromatic N) is 1. The fourth-order valence-corrected chi connectivity index (χ4v) is 2.70. The Morgan fingerprint density at radius 3 is 2.83 bits per heavy atom. The molecule has 1 aliphatic carbocycles. The van der Waals surface area contributed by atoms with Crippen molar-refractivity contribution >= 4 is 18.0 Å². The molecule has 0 aromatic rings. The highest BCUT2D eigenvalue weighted by Gasteiger charge is 2.46. The summed E-state index contributed by atoms with van der Waals surface area (Å²) in [6.07, 6.45) is 5.03. The maximum Gasteiger partial charge on any atom is 0.316 e. The third-order valence-electron chi connectivity index (χ3n) is 3.86. The van der Waals surface area contributed by atoms with Gasteiger partial charge in [0.25, 0.3) is 0 Å². The van der Waals surface area contributed by atoms with Crippen molar-refractivity contribution in [2.45, 2.75) is 39.5 Å². The number of aliphatic hydroxyl groups is 1. The van der Waals surface area contributed by atoms with E-state index in [1.54, 1.807) is 26.1 Å². The van der Waals surface area contributed by atoms with Gasteiger partial charge >= 0.3 is 5.97 Å². The van der Waals surface area contributed by atoms with Crippen LogP contribution in [0.4, 0.5) is 0 Å². The van der Waals surface area contributed by atoms with E-state index in [0.717, 1.165) is 0 Å². The molecule has 0 heterocycles. The lowest BCUT2D eigenvalue weighted by atomic mass is 9.68. The zero-order valence-electron chi connectivity index (χ0n) is 14.0. The first-order valence-electron chi connectivity index (χ1n) is 7.63. The lowest BCUT2D eigenvalue weighted by Crippen LogP contribution is -2.40. The molecule has 1 aliphatic rings. The molecule has 0 saturated heterocycles. The Morgan fingerprint density at radius 2 is 2.22 bits per heavy atom. The standard InChI is InChI=1S/C17H25NO5/c1-5-10-23-18-9-7-6-8-12-13(19)11-17(2,3)14(15(12)20)16(21)22-4/h5,9,14,20H,1,6-8,10-11H2,2-4H3. The van der Waals surface area contributed by atoms with Crippen molar-refractivity contribution in [2.24, 2.45) is 16.5 Å². The largest absolute Gasteiger partial charge is 0.511 e. The second-order valence-electron chi connectivity index (χ2n) is 6.17. The summed E-state index contributed by atoms with van der Waals surface area (Å²) in [6.45, 7) is 7.41. The molecule has 128 valence electrons. The van der Waals surface area contributed by atoms with Crippen LogP contribution < -0.4 is 0 Å². The maximum absolute atomic E-state index is 12.2. The van der Waals surface area contributed by atoms with E-state index in [1.165, 1.54) is 7.11 Å². The molecule has 0 aromatic heterocycles. The van der Waals surface area contributed by atoms with Gasteiger partial charge in [0, 0.05) is 18.2 Å². The number of carbonyl (C=O) groups is 2. The number of oxime groups is 1. The molecule has 0 spiro atoms. The highest BCUT2D eigenvalue weighted by atomic mass is 16.6. The van der Waals surface area contributed by atoms with Crippen LogP contribution in [-0.4, -0.2) is 36.8 Å². The Balaban J connectivity index is 2.75. The van der Waals surface area contributed by atoms with Crippen molar-refractivity contribution in [3.63, 3.8) is 0 Å². The average molecular weight is 323 g/mol. The highest BCUT2D eigenvalue weighted by molar-refractivity contribution is 5.99. The summed E-state index contributed by atoms with van der Waals surface area (Å²) in [5.74, 6) is -1.59. The topological polar surface area (TPSA) is 85.2 Å². The Kier molecular flexibility index (Phi) is 7.00. The molecule has 0 bridgehead atoms. The zero-order valence-corrected chi connectivity index (χ0v) is 14.0. The Hall–Kier alpha value is -2.11. The molecule has 1 atom stereocenters. The predicted molar refractivity (Wildman–Crippen MR) is 87.1 cm³/mol. The SMILES string of the molecule is C=CCON=CCCCC1=C(O)C(C(=O)OC)C(C)(C)CC1=O. The lowest BCUT2D eigenvalue weighted by molar-refractivity contribution is -0.150. The highest BCUT2D eigenvalue weighted by Crippen LogP contribution is 2.42. The number of unbranched alkanes of at least 4 members (excludes halogenated alkanes) is 1. The first-order valence-corrected chi connectivity index (χ1v) is 7.63. The minimum absolute atomic E-state index is 0.118. The van der Waals surface area contributed by atoms with E-state index in [-0.39, 0.29) is 18.0 Å². The molecular formula is C17H25NO5. The molecule has 1 rings (SSSR count). The smallest absolute Gasteiger partial charge is 0.316 e. The summed E-state index contributed by atoms with van der Waals surface area (Å²) in [5.41, 5.74) is -0.335. The van der Waals surface area contributed by atoms with Gasteiger partial charge in [-0.2, -0.15) is 0 Å². The number of ether oxygens (including phenoxy) is 1. The zero-order chi connectivity index (χ0) is 17.5. The monoisotopic (exact) mass is 323 g/mol. The molecular weight excluding hydrogens is 298 g/mol. The van der Waals surface area contributed by atoms with Crippen molar-refractivity contribution in [1.82, 2.24) is 0 Å². The van der Waals surface area contributed by atoms with Gasteiger partial charge in [-0.3, -0.25) is 9.59 Å². The quantitative estimate of drug-likeness (QED) is 0.244. The third-order valence-corrected chi connectivity index (χ3v) is 3.86. The van der Waals surface area contributed by atoms with Crippen LogP contribution in [0.15, 0.2) is 29.1 Å². The van der Waals surface area contributed by atoms with Gasteiger partial charge in [-0.15, -0.1) is 0 Å². The molecule has 0 aliphatic heterocycles. The average Bonchev–Trinajstić information content (AvgIpc) is 2.47. The number of aliphatic hydroxyl groups excluding tert-OH is 1. The van der Waals surface area contributed by atoms with Crippen molar-refractivity contribution in [3.8, 4) is 0 Å². The number of esters is 1. The molecule has 6 heteroatoms. The molecule has 1 unspecified atom stereocenters. The summed E-state index contributed by atoms with van der Waals surface area (Å²) >= 11 is 0. The van der Waals surface area contributed by atoms with Gasteiger partial charge in [-0.05, 0) is 24.7 Å². The normalized spacial score (nSPS) is 20.7. The fraction of sp³-hybridized carbons (Fsp3) is 0.588. The number of methoxy groups -OCH3 is 1. The van der Waals surface area contributed by atoms with Gasteiger partial charge in [-0.1, -0.05) is 31.7 Å². The van der Waals surface area contributed by atoms with Gasteiger partial charge in [-0.25, -0.2) is 0 Å². The number of rotatable bonds is 8. The Morgan fingerprint density at radius 1 is 1.52 bits per heavy atom. The number of ketones is 1. The fourth-order valence-electron chi connectivity index (χ4n) is 2.70. The first-order chi connectivity index (χ1) is 10.8. The summed E-state index contributed by atoms with van der Waals surface area (Å²) in [4.78, 5) is 29.1. The van der Waals surface area contributed by atoms with E-state index in [0.29, 0.717) is 31.4 Å². The molecule has 6 nitrogen and oxygen atoms in total. The molecule has 23 heavy (non-hydrogen) atoms. The van der Waals surface area contributed by atoms with E-state index in [2.05, 4.69) is 11.7 Å². The number of allylic oxidation sites excluding steroid dienone is 1. The van der Waals surface area contributed by atoms with Gasteiger partial charge in [0.15, 0.2) is 5.78 Å². The van der Waals surface area contributed by atoms with Crippen LogP contribution in [0.2, 0.25) is 0 Å². The lowest BCUT2D eigenvalue weighted by Gasteiger charge is -2.36. The molecule has 0 aromatic carbocycles. The van der Waals surface area contributed by atoms with Gasteiger partial charge in [0.05, 0.1) is 7.11 Å². The maximum atomic E-state index is 12.2. The van der Waals surface area contributed by atoms with Crippen LogP contribution in [0.25, 0.3) is 0 Å². The number of Topliss-reactive ketones (excluding diaryl/α,β-unsaturated/α-hetero) is 1. The summed E-state index contributed by atoms with van der Waals surface area (Å²) in [7, 11) is 1.28. The summed E-state index contributed by atoms with van der Waals surface area (Å²) in [5, 5.41) is 14.1. The summed E-state index contributed by atoms with van der Waals surface area (Å²) < 4.78 is 4.77. The van der Waals surface area contributed by atoms with Crippen molar-refractivity contribution < 1.29 is 24.3 Å². The van der Waals surface area contributed by atoms with Crippen LogP contribution in [0.5, 0.6) is 0 Å². The van der Waals surface area contributed by atoms with Crippen LogP contribution in [0.1, 0.15) is 39.5 Å². The van der Waals surface area contributed by atoms with Crippen molar-refractivity contribution in [1.29, 1.82) is 0 Å².